The summed E-state index contributed by atoms with van der Waals surface area (Å²) in [5.41, 5.74) is -1.61. The number of carboxylic acids is 1. The number of methoxy groups -OCH3 is 1. The molecule has 1 saturated heterocycles. The molecule has 2 aromatic rings. The number of esters is 1. The highest BCUT2D eigenvalue weighted by Crippen LogP contribution is 2.39. The van der Waals surface area contributed by atoms with E-state index < -0.39 is 67.1 Å². The highest BCUT2D eigenvalue weighted by atomic mass is 35.5. The lowest BCUT2D eigenvalue weighted by Crippen LogP contribution is -2.43. The second-order valence-corrected chi connectivity index (χ2v) is 9.67. The van der Waals surface area contributed by atoms with Crippen molar-refractivity contribution in [1.82, 2.24) is 15.2 Å². The Bertz CT molecular complexity index is 1350. The van der Waals surface area contributed by atoms with Crippen LogP contribution in [0.4, 0.5) is 26.3 Å². The number of nitrogens with one attached hydrogen (secondary N) is 1. The van der Waals surface area contributed by atoms with E-state index in [2.05, 4.69) is 15.3 Å². The van der Waals surface area contributed by atoms with Gasteiger partial charge in [0.15, 0.2) is 16.5 Å². The molecular weight excluding hydrogens is 566 g/mol. The predicted molar refractivity (Wildman–Crippen MR) is 123 cm³/mol. The molecule has 8 nitrogen and oxygen atoms in total. The second-order valence-electron chi connectivity index (χ2n) is 8.41. The summed E-state index contributed by atoms with van der Waals surface area (Å²) >= 11 is 6.77. The summed E-state index contributed by atoms with van der Waals surface area (Å²) in [5, 5.41) is 12.4. The van der Waals surface area contributed by atoms with E-state index >= 15 is 0 Å². The number of alkyl halides is 5. The number of hydrogen-bond acceptors (Lipinski definition) is 8. The van der Waals surface area contributed by atoms with Crippen LogP contribution in [0.2, 0.25) is 5.02 Å². The zero-order valence-corrected chi connectivity index (χ0v) is 20.7. The molecule has 0 bridgehead atoms. The molecule has 2 atom stereocenters. The van der Waals surface area contributed by atoms with Gasteiger partial charge in [-0.1, -0.05) is 17.7 Å². The molecule has 0 spiro atoms. The zero-order valence-electron chi connectivity index (χ0n) is 19.2. The average molecular weight is 583 g/mol. The van der Waals surface area contributed by atoms with E-state index in [-0.39, 0.29) is 32.7 Å². The Kier molecular flexibility index (Phi) is 7.47. The van der Waals surface area contributed by atoms with E-state index in [1.165, 1.54) is 6.07 Å². The van der Waals surface area contributed by atoms with Crippen LogP contribution in [0.25, 0.3) is 0 Å². The topological polar surface area (TPSA) is 104 Å². The number of benzene rings is 1. The lowest BCUT2D eigenvalue weighted by Gasteiger charge is -2.30. The summed E-state index contributed by atoms with van der Waals surface area (Å²) in [6.07, 6.45) is -5.76. The number of aromatic nitrogens is 1. The molecule has 1 aromatic heterocycles. The molecular formula is C22H17ClF6N4O4S. The number of nitrogens with zero attached hydrogens (tertiary/aromatic N) is 3. The van der Waals surface area contributed by atoms with Gasteiger partial charge >= 0.3 is 18.1 Å². The maximum Gasteiger partial charge on any atom is 0.434 e. The third-order valence-electron chi connectivity index (χ3n) is 5.80. The molecule has 2 aliphatic heterocycles. The number of rotatable bonds is 6. The van der Waals surface area contributed by atoms with Gasteiger partial charge in [-0.25, -0.2) is 22.9 Å². The Balaban J connectivity index is 1.86. The maximum absolute atomic E-state index is 14.1. The molecule has 0 saturated carbocycles. The second kappa shape index (κ2) is 10.2. The maximum atomic E-state index is 14.1. The van der Waals surface area contributed by atoms with Gasteiger partial charge in [-0.3, -0.25) is 14.7 Å². The molecule has 1 fully saturated rings. The third-order valence-corrected chi connectivity index (χ3v) is 6.98. The van der Waals surface area contributed by atoms with Crippen LogP contribution in [-0.2, 0) is 20.5 Å². The van der Waals surface area contributed by atoms with Gasteiger partial charge in [0.05, 0.1) is 19.2 Å². The minimum Gasteiger partial charge on any atom is -0.480 e. The van der Waals surface area contributed by atoms with Crippen molar-refractivity contribution in [3.8, 4) is 0 Å². The number of thiazole rings is 1. The number of halogens is 7. The van der Waals surface area contributed by atoms with Crippen LogP contribution in [0.3, 0.4) is 0 Å². The summed E-state index contributed by atoms with van der Waals surface area (Å²) in [5.74, 6) is -6.87. The predicted octanol–water partition coefficient (Wildman–Crippen LogP) is 4.27. The smallest absolute Gasteiger partial charge is 0.434 e. The summed E-state index contributed by atoms with van der Waals surface area (Å²) in [6.45, 7) is -1.53. The Hall–Kier alpha value is -3.17. The minimum atomic E-state index is -4.77. The van der Waals surface area contributed by atoms with Crippen LogP contribution in [0.5, 0.6) is 0 Å². The highest BCUT2D eigenvalue weighted by molar-refractivity contribution is 7.11. The summed E-state index contributed by atoms with van der Waals surface area (Å²) < 4.78 is 86.4. The van der Waals surface area contributed by atoms with Crippen molar-refractivity contribution >= 4 is 40.7 Å². The van der Waals surface area contributed by atoms with Gasteiger partial charge < -0.3 is 15.2 Å². The van der Waals surface area contributed by atoms with E-state index in [1.807, 2.05) is 0 Å². The van der Waals surface area contributed by atoms with Crippen LogP contribution in [0.15, 0.2) is 39.8 Å². The number of hydrogen-bond donors (Lipinski definition) is 2. The number of carbonyl (C=O) groups excluding carboxylic acids is 1. The number of ether oxygens (including phenoxy) is 1. The number of amidine groups is 1. The molecule has 2 unspecified atom stereocenters. The summed E-state index contributed by atoms with van der Waals surface area (Å²) in [4.78, 5) is 33.3. The van der Waals surface area contributed by atoms with Crippen molar-refractivity contribution in [1.29, 1.82) is 0 Å². The first kappa shape index (κ1) is 27.9. The van der Waals surface area contributed by atoms with Gasteiger partial charge in [0, 0.05) is 34.6 Å². The van der Waals surface area contributed by atoms with Crippen molar-refractivity contribution in [2.24, 2.45) is 4.99 Å². The fourth-order valence-electron chi connectivity index (χ4n) is 4.14. The first-order valence-electron chi connectivity index (χ1n) is 10.7. The molecule has 0 amide bonds. The number of carboxylic acid groups (broad SMARTS) is 1. The molecule has 4 rings (SSSR count). The first-order valence-corrected chi connectivity index (χ1v) is 11.9. The first-order chi connectivity index (χ1) is 17.7. The molecule has 1 aromatic carbocycles. The van der Waals surface area contributed by atoms with Crippen LogP contribution in [-0.4, -0.2) is 64.9 Å². The quantitative estimate of drug-likeness (QED) is 0.387. The van der Waals surface area contributed by atoms with Crippen molar-refractivity contribution in [3.63, 3.8) is 0 Å². The van der Waals surface area contributed by atoms with E-state index in [0.29, 0.717) is 11.3 Å². The van der Waals surface area contributed by atoms with Crippen LogP contribution in [0, 0.1) is 5.82 Å². The molecule has 2 N–H and O–H groups in total. The molecule has 0 radical (unpaired) electrons. The lowest BCUT2D eigenvalue weighted by atomic mass is 9.95. The fraction of sp³-hybridized carbons (Fsp3) is 0.364. The molecule has 3 heterocycles. The van der Waals surface area contributed by atoms with Gasteiger partial charge in [-0.05, 0) is 12.1 Å². The van der Waals surface area contributed by atoms with E-state index in [0.717, 1.165) is 29.5 Å². The summed E-state index contributed by atoms with van der Waals surface area (Å²) in [7, 11) is 1.02. The van der Waals surface area contributed by atoms with Gasteiger partial charge in [0.2, 0.25) is 0 Å². The highest BCUT2D eigenvalue weighted by Gasteiger charge is 2.49. The number of aliphatic imine (C=N–C) groups is 1. The largest absolute Gasteiger partial charge is 0.480 e. The molecule has 0 aliphatic carbocycles. The monoisotopic (exact) mass is 582 g/mol. The van der Waals surface area contributed by atoms with E-state index in [1.54, 1.807) is 0 Å². The van der Waals surface area contributed by atoms with E-state index in [4.69, 9.17) is 16.3 Å². The van der Waals surface area contributed by atoms with Gasteiger partial charge in [-0.2, -0.15) is 13.2 Å². The number of aliphatic carboxylic acids is 1. The van der Waals surface area contributed by atoms with Crippen LogP contribution in [0.1, 0.15) is 28.7 Å². The normalized spacial score (nSPS) is 21.7. The molecule has 2 aliphatic rings. The SMILES string of the molecule is COC(=O)C1=C(CN2CC(F)(F)CC2C(=O)O)NC(c2nc(C(F)(F)F)cs2)=NC1c1ccc(F)cc1Cl. The Morgan fingerprint density at radius 3 is 2.63 bits per heavy atom. The standard InChI is InChI=1S/C22H17ClF6N4O4S/c1-37-20(36)15-12(6-33-8-21(25,26)5-13(33)19(34)35)30-17(18-31-14(7-38-18)22(27,28)29)32-16(15)10-3-2-9(24)4-11(10)23/h2-4,7,13,16H,5-6,8H2,1H3,(H,30,32)(H,34,35). The Morgan fingerprint density at radius 1 is 1.34 bits per heavy atom. The lowest BCUT2D eigenvalue weighted by molar-refractivity contribution is -0.142. The minimum absolute atomic E-state index is 0.0547. The Morgan fingerprint density at radius 2 is 2.05 bits per heavy atom. The number of carbonyl (C=O) groups is 2. The molecule has 204 valence electrons. The van der Waals surface area contributed by atoms with Gasteiger partial charge in [0.1, 0.15) is 17.9 Å². The molecule has 38 heavy (non-hydrogen) atoms. The zero-order chi connectivity index (χ0) is 28.0. The average Bonchev–Trinajstić information content (AvgIpc) is 3.43. The van der Waals surface area contributed by atoms with Gasteiger partial charge in [0.25, 0.3) is 5.92 Å². The Labute approximate surface area is 219 Å². The van der Waals surface area contributed by atoms with Crippen molar-refractivity contribution in [2.45, 2.75) is 30.6 Å². The van der Waals surface area contributed by atoms with Crippen molar-refractivity contribution in [3.05, 3.63) is 62.0 Å². The molecule has 16 heteroatoms. The third kappa shape index (κ3) is 5.63. The van der Waals surface area contributed by atoms with Crippen molar-refractivity contribution < 1.29 is 45.8 Å². The number of likely N-dealkylation sites (tertiary alicyclic amines) is 1. The van der Waals surface area contributed by atoms with Crippen LogP contribution < -0.4 is 5.32 Å². The van der Waals surface area contributed by atoms with Crippen LogP contribution >= 0.6 is 22.9 Å². The summed E-state index contributed by atoms with van der Waals surface area (Å²) in [6, 6.07) is 0.133. The van der Waals surface area contributed by atoms with E-state index in [9.17, 15) is 41.0 Å². The fourth-order valence-corrected chi connectivity index (χ4v) is 5.18. The van der Waals surface area contributed by atoms with Crippen molar-refractivity contribution in [2.75, 3.05) is 20.2 Å². The van der Waals surface area contributed by atoms with Gasteiger partial charge in [-0.15, -0.1) is 11.3 Å².